The van der Waals surface area contributed by atoms with Gasteiger partial charge in [0.15, 0.2) is 0 Å². The largest absolute Gasteiger partial charge is 0.332 e. The van der Waals surface area contributed by atoms with Crippen LogP contribution in [0.5, 0.6) is 0 Å². The number of hydrogen-bond acceptors (Lipinski definition) is 1. The molecule has 0 bridgehead atoms. The van der Waals surface area contributed by atoms with E-state index in [1.807, 2.05) is 0 Å². The summed E-state index contributed by atoms with van der Waals surface area (Å²) in [6, 6.07) is 76.0. The van der Waals surface area contributed by atoms with Crippen LogP contribution in [-0.4, -0.2) is 19.2 Å². The standard InChI is InChI=1S/C66H36N4/c1-3-17-35(18-4-1)53-59-43-27-15-25-41-56-52(34-46-38-22-8-12-30-48(38)68-50-32-14-10-24-40(50)58(56)64(46)68)70(61(41)43)66(59)54(36-19-5-2-6-20-36)60-44-28-16-26-42-55-51(69(62(42)44)65(53)60)33-45-37-21-7-11-29-47(37)67-49-31-13-9-23-39(49)57(55)63(45)67/h1-34,57,63H. The fourth-order valence-corrected chi connectivity index (χ4v) is 15.0. The summed E-state index contributed by atoms with van der Waals surface area (Å²) in [7, 11) is 0. The summed E-state index contributed by atoms with van der Waals surface area (Å²) in [5.41, 5.74) is 24.9. The van der Waals surface area contributed by atoms with Crippen LogP contribution in [0.2, 0.25) is 0 Å². The Balaban J connectivity index is 1.09. The highest BCUT2D eigenvalue weighted by atomic mass is 15.2. The average molecular weight is 885 g/mol. The molecule has 6 aromatic heterocycles. The van der Waals surface area contributed by atoms with E-state index >= 15 is 0 Å². The van der Waals surface area contributed by atoms with E-state index in [2.05, 4.69) is 224 Å². The second kappa shape index (κ2) is 11.8. The van der Waals surface area contributed by atoms with Crippen LogP contribution in [0.3, 0.4) is 0 Å². The molecule has 0 saturated carbocycles. The summed E-state index contributed by atoms with van der Waals surface area (Å²) in [4.78, 5) is 2.64. The summed E-state index contributed by atoms with van der Waals surface area (Å²) in [5, 5.41) is 14.4. The van der Waals surface area contributed by atoms with Crippen LogP contribution in [-0.2, 0) is 0 Å². The Labute approximate surface area is 399 Å². The Bertz CT molecular complexity index is 5060. The fraction of sp³-hybridized carbons (Fsp3) is 0.0303. The Morgan fingerprint density at radius 1 is 0.343 bits per heavy atom. The van der Waals surface area contributed by atoms with E-state index in [4.69, 9.17) is 0 Å². The van der Waals surface area contributed by atoms with E-state index in [9.17, 15) is 0 Å². The van der Waals surface area contributed by atoms with Crippen molar-refractivity contribution in [1.29, 1.82) is 0 Å². The van der Waals surface area contributed by atoms with Crippen molar-refractivity contribution in [2.45, 2.75) is 12.0 Å². The zero-order valence-electron chi connectivity index (χ0n) is 37.6. The third-order valence-electron chi connectivity index (χ3n) is 17.3. The number of hydrogen-bond donors (Lipinski definition) is 0. The first kappa shape index (κ1) is 35.1. The van der Waals surface area contributed by atoms with Crippen LogP contribution in [0.1, 0.15) is 28.3 Å². The minimum Gasteiger partial charge on any atom is -0.332 e. The second-order valence-electron chi connectivity index (χ2n) is 20.2. The van der Waals surface area contributed by atoms with Gasteiger partial charge in [0.2, 0.25) is 0 Å². The molecule has 0 N–H and O–H groups in total. The molecule has 320 valence electrons. The first-order valence-corrected chi connectivity index (χ1v) is 24.7. The Morgan fingerprint density at radius 3 is 1.64 bits per heavy atom. The summed E-state index contributed by atoms with van der Waals surface area (Å²) >= 11 is 0. The van der Waals surface area contributed by atoms with Gasteiger partial charge in [-0.1, -0.05) is 170 Å². The maximum atomic E-state index is 2.72. The molecule has 0 amide bonds. The molecule has 16 aromatic rings. The third kappa shape index (κ3) is 3.70. The normalized spacial score (nSPS) is 16.3. The molecule has 3 aliphatic rings. The molecule has 0 spiro atoms. The first-order chi connectivity index (χ1) is 34.8. The quantitative estimate of drug-likeness (QED) is 0.169. The predicted octanol–water partition coefficient (Wildman–Crippen LogP) is 16.8. The van der Waals surface area contributed by atoms with Crippen molar-refractivity contribution < 1.29 is 0 Å². The van der Waals surface area contributed by atoms with E-state index in [0.29, 0.717) is 0 Å². The SMILES string of the molecule is C1=C2c3ccccc3N3c4ccccc4C(c4c1n1c5c(-c6ccccc6)c6c7cccc8c9c%10c%11ccccc%11n%11c%12ccccc%12c(cc9n(c6c(-c6ccccc6)c5c5cccc4c51)c78)c%10%11)C23. The number of fused-ring (bicyclic) bond motifs is 26. The van der Waals surface area contributed by atoms with E-state index in [1.165, 1.54) is 165 Å². The fourth-order valence-electron chi connectivity index (χ4n) is 15.0. The van der Waals surface area contributed by atoms with Crippen molar-refractivity contribution in [3.63, 3.8) is 0 Å². The van der Waals surface area contributed by atoms with Crippen molar-refractivity contribution in [3.8, 4) is 22.3 Å². The Hall–Kier alpha value is -9.12. The number of para-hydroxylation sites is 6. The molecule has 2 unspecified atom stereocenters. The van der Waals surface area contributed by atoms with Gasteiger partial charge in [-0.15, -0.1) is 0 Å². The minimum absolute atomic E-state index is 0.188. The predicted molar refractivity (Wildman–Crippen MR) is 292 cm³/mol. The molecular formula is C66H36N4. The Morgan fingerprint density at radius 2 is 0.900 bits per heavy atom. The van der Waals surface area contributed by atoms with Crippen LogP contribution in [0.25, 0.3) is 137 Å². The van der Waals surface area contributed by atoms with Gasteiger partial charge in [0.25, 0.3) is 0 Å². The highest BCUT2D eigenvalue weighted by Crippen LogP contribution is 2.63. The third-order valence-corrected chi connectivity index (χ3v) is 17.3. The van der Waals surface area contributed by atoms with Crippen LogP contribution in [0.4, 0.5) is 11.4 Å². The maximum Gasteiger partial charge on any atom is 0.0710 e. The van der Waals surface area contributed by atoms with Crippen LogP contribution >= 0.6 is 0 Å². The molecule has 4 nitrogen and oxygen atoms in total. The van der Waals surface area contributed by atoms with E-state index in [1.54, 1.807) is 0 Å². The molecule has 0 fully saturated rings. The smallest absolute Gasteiger partial charge is 0.0710 e. The summed E-state index contributed by atoms with van der Waals surface area (Å²) in [6.07, 6.45) is 2.59. The van der Waals surface area contributed by atoms with Crippen molar-refractivity contribution in [2.24, 2.45) is 0 Å². The Kier molecular flexibility index (Phi) is 5.89. The van der Waals surface area contributed by atoms with Crippen LogP contribution in [0.15, 0.2) is 200 Å². The average Bonchev–Trinajstić information content (AvgIpc) is 4.31. The monoisotopic (exact) mass is 884 g/mol. The lowest BCUT2D eigenvalue weighted by atomic mass is 9.78. The highest BCUT2D eigenvalue weighted by Gasteiger charge is 2.51. The molecular weight excluding hydrogens is 849 g/mol. The molecule has 2 aliphatic heterocycles. The van der Waals surface area contributed by atoms with Crippen molar-refractivity contribution in [2.75, 3.05) is 4.90 Å². The molecule has 10 aromatic carbocycles. The van der Waals surface area contributed by atoms with Gasteiger partial charge in [-0.25, -0.2) is 0 Å². The molecule has 1 aliphatic carbocycles. The van der Waals surface area contributed by atoms with Gasteiger partial charge in [-0.05, 0) is 64.2 Å². The van der Waals surface area contributed by atoms with Crippen LogP contribution < -0.4 is 4.90 Å². The van der Waals surface area contributed by atoms with E-state index in [-0.39, 0.29) is 12.0 Å². The molecule has 70 heavy (non-hydrogen) atoms. The maximum absolute atomic E-state index is 2.72. The molecule has 0 saturated heterocycles. The lowest BCUT2D eigenvalue weighted by Gasteiger charge is -2.28. The lowest BCUT2D eigenvalue weighted by molar-refractivity contribution is 0.760. The zero-order chi connectivity index (χ0) is 44.8. The van der Waals surface area contributed by atoms with Crippen molar-refractivity contribution >= 4 is 126 Å². The summed E-state index contributed by atoms with van der Waals surface area (Å²) in [6.45, 7) is 0. The highest BCUT2D eigenvalue weighted by molar-refractivity contribution is 6.41. The van der Waals surface area contributed by atoms with Gasteiger partial charge >= 0.3 is 0 Å². The number of anilines is 2. The number of nitrogens with zero attached hydrogens (tertiary/aromatic N) is 4. The topological polar surface area (TPSA) is 16.5 Å². The summed E-state index contributed by atoms with van der Waals surface area (Å²) < 4.78 is 7.95. The zero-order valence-corrected chi connectivity index (χ0v) is 37.6. The molecule has 8 heterocycles. The summed E-state index contributed by atoms with van der Waals surface area (Å²) in [5.74, 6) is 0.188. The van der Waals surface area contributed by atoms with Gasteiger partial charge in [0.05, 0.1) is 55.9 Å². The second-order valence-corrected chi connectivity index (χ2v) is 20.2. The van der Waals surface area contributed by atoms with Gasteiger partial charge < -0.3 is 18.1 Å². The van der Waals surface area contributed by atoms with E-state index < -0.39 is 0 Å². The van der Waals surface area contributed by atoms with Crippen molar-refractivity contribution in [1.82, 2.24) is 13.2 Å². The van der Waals surface area contributed by atoms with Crippen LogP contribution in [0, 0.1) is 0 Å². The van der Waals surface area contributed by atoms with E-state index in [0.717, 1.165) is 0 Å². The molecule has 2 atom stereocenters. The van der Waals surface area contributed by atoms with Gasteiger partial charge in [0, 0.05) is 93.2 Å². The number of rotatable bonds is 2. The lowest BCUT2D eigenvalue weighted by Crippen LogP contribution is -2.28. The molecule has 0 radical (unpaired) electrons. The minimum atomic E-state index is 0.188. The molecule has 4 heteroatoms. The van der Waals surface area contributed by atoms with Gasteiger partial charge in [0.1, 0.15) is 0 Å². The van der Waals surface area contributed by atoms with Gasteiger partial charge in [-0.2, -0.15) is 0 Å². The number of aromatic nitrogens is 3. The number of benzene rings is 10. The first-order valence-electron chi connectivity index (χ1n) is 24.7. The van der Waals surface area contributed by atoms with Crippen molar-refractivity contribution in [3.05, 3.63) is 223 Å². The molecule has 19 rings (SSSR count). The van der Waals surface area contributed by atoms with Gasteiger partial charge in [-0.3, -0.25) is 0 Å².